The highest BCUT2D eigenvalue weighted by molar-refractivity contribution is 9.10. The maximum absolute atomic E-state index is 10.6. The van der Waals surface area contributed by atoms with Gasteiger partial charge in [0.05, 0.1) is 0 Å². The Hall–Kier alpha value is -0.000000000000000111. The van der Waals surface area contributed by atoms with E-state index in [1.807, 2.05) is 13.0 Å². The Morgan fingerprint density at radius 1 is 1.17 bits per heavy atom. The summed E-state index contributed by atoms with van der Waals surface area (Å²) in [5, 5.41) is 14.0. The van der Waals surface area contributed by atoms with Crippen LogP contribution in [0.4, 0.5) is 0 Å². The molecule has 0 aromatic heterocycles. The third-order valence-electron chi connectivity index (χ3n) is 4.32. The van der Waals surface area contributed by atoms with Crippen LogP contribution < -0.4 is 5.32 Å². The molecule has 1 saturated heterocycles. The van der Waals surface area contributed by atoms with Gasteiger partial charge in [-0.3, -0.25) is 4.90 Å². The van der Waals surface area contributed by atoms with Crippen LogP contribution in [-0.2, 0) is 0 Å². The largest absolute Gasteiger partial charge is 0.508 e. The molecule has 2 N–H and O–H groups in total. The SMILES string of the molecule is Cc1cc(O)c([C@@H](N2CCNCC2)C(C)(C)C)c(C)c1Br.Cl.Cl. The summed E-state index contributed by atoms with van der Waals surface area (Å²) in [5.74, 6) is 0.423. The van der Waals surface area contributed by atoms with Crippen LogP contribution >= 0.6 is 40.7 Å². The second-order valence-electron chi connectivity index (χ2n) is 7.12. The van der Waals surface area contributed by atoms with Gasteiger partial charge >= 0.3 is 0 Å². The summed E-state index contributed by atoms with van der Waals surface area (Å²) in [6, 6.07) is 2.10. The minimum atomic E-state index is 0. The molecule has 1 atom stereocenters. The molecule has 0 unspecified atom stereocenters. The number of benzene rings is 1. The van der Waals surface area contributed by atoms with Crippen molar-refractivity contribution >= 4 is 40.7 Å². The molecule has 1 aliphatic heterocycles. The summed E-state index contributed by atoms with van der Waals surface area (Å²) in [6.07, 6.45) is 0. The number of rotatable bonds is 2. The van der Waals surface area contributed by atoms with Gasteiger partial charge in [0.1, 0.15) is 5.75 Å². The zero-order valence-corrected chi connectivity index (χ0v) is 17.8. The zero-order valence-electron chi connectivity index (χ0n) is 14.6. The normalized spacial score (nSPS) is 17.1. The van der Waals surface area contributed by atoms with E-state index in [9.17, 15) is 5.11 Å². The van der Waals surface area contributed by atoms with Gasteiger partial charge in [0.2, 0.25) is 0 Å². The van der Waals surface area contributed by atoms with E-state index in [0.29, 0.717) is 5.75 Å². The number of hydrogen-bond acceptors (Lipinski definition) is 3. The van der Waals surface area contributed by atoms with E-state index in [0.717, 1.165) is 47.3 Å². The van der Waals surface area contributed by atoms with Crippen LogP contribution in [0.25, 0.3) is 0 Å². The summed E-state index contributed by atoms with van der Waals surface area (Å²) in [4.78, 5) is 2.50. The van der Waals surface area contributed by atoms with Crippen molar-refractivity contribution in [3.05, 3.63) is 27.2 Å². The van der Waals surface area contributed by atoms with Crippen LogP contribution in [0.2, 0.25) is 0 Å². The molecule has 0 amide bonds. The number of phenols is 1. The van der Waals surface area contributed by atoms with Gasteiger partial charge in [-0.1, -0.05) is 36.7 Å². The van der Waals surface area contributed by atoms with E-state index >= 15 is 0 Å². The fraction of sp³-hybridized carbons (Fsp3) is 0.647. The predicted molar refractivity (Wildman–Crippen MR) is 106 cm³/mol. The molecule has 0 radical (unpaired) electrons. The molecule has 6 heteroatoms. The Morgan fingerprint density at radius 3 is 2.17 bits per heavy atom. The second-order valence-corrected chi connectivity index (χ2v) is 7.91. The average molecular weight is 428 g/mol. The minimum Gasteiger partial charge on any atom is -0.508 e. The Labute approximate surface area is 161 Å². The Bertz CT molecular complexity index is 526. The van der Waals surface area contributed by atoms with Gasteiger partial charge in [0.15, 0.2) is 0 Å². The van der Waals surface area contributed by atoms with Crippen molar-refractivity contribution in [3.63, 3.8) is 0 Å². The lowest BCUT2D eigenvalue weighted by atomic mass is 9.78. The summed E-state index contributed by atoms with van der Waals surface area (Å²) < 4.78 is 1.11. The first kappa shape index (κ1) is 23.0. The van der Waals surface area contributed by atoms with Gasteiger partial charge in [0.25, 0.3) is 0 Å². The molecule has 3 nitrogen and oxygen atoms in total. The lowest BCUT2D eigenvalue weighted by molar-refractivity contribution is 0.0837. The first-order valence-electron chi connectivity index (χ1n) is 7.67. The topological polar surface area (TPSA) is 35.5 Å². The van der Waals surface area contributed by atoms with Crippen molar-refractivity contribution in [2.45, 2.75) is 40.7 Å². The smallest absolute Gasteiger partial charge is 0.120 e. The molecule has 134 valence electrons. The lowest BCUT2D eigenvalue weighted by Crippen LogP contribution is -2.48. The number of hydrogen-bond donors (Lipinski definition) is 2. The zero-order chi connectivity index (χ0) is 15.8. The van der Waals surface area contributed by atoms with E-state index < -0.39 is 0 Å². The molecule has 0 bridgehead atoms. The number of aryl methyl sites for hydroxylation is 1. The third-order valence-corrected chi connectivity index (χ3v) is 5.54. The Kier molecular flexibility index (Phi) is 8.91. The van der Waals surface area contributed by atoms with Gasteiger partial charge in [-0.25, -0.2) is 0 Å². The first-order chi connectivity index (χ1) is 9.73. The highest BCUT2D eigenvalue weighted by atomic mass is 79.9. The van der Waals surface area contributed by atoms with Gasteiger partial charge < -0.3 is 10.4 Å². The lowest BCUT2D eigenvalue weighted by Gasteiger charge is -2.43. The van der Waals surface area contributed by atoms with Crippen molar-refractivity contribution in [1.82, 2.24) is 10.2 Å². The van der Waals surface area contributed by atoms with Crippen LogP contribution in [-0.4, -0.2) is 36.2 Å². The molecule has 0 spiro atoms. The number of nitrogens with one attached hydrogen (secondary N) is 1. The van der Waals surface area contributed by atoms with E-state index in [1.54, 1.807) is 0 Å². The fourth-order valence-electron chi connectivity index (χ4n) is 3.40. The van der Waals surface area contributed by atoms with Gasteiger partial charge in [0, 0.05) is 42.3 Å². The van der Waals surface area contributed by atoms with Crippen LogP contribution in [0.5, 0.6) is 5.75 Å². The van der Waals surface area contributed by atoms with E-state index in [2.05, 4.69) is 53.8 Å². The van der Waals surface area contributed by atoms with Crippen molar-refractivity contribution < 1.29 is 5.11 Å². The molecular formula is C17H29BrCl2N2O. The van der Waals surface area contributed by atoms with Crippen LogP contribution in [0.1, 0.15) is 43.5 Å². The number of nitrogens with zero attached hydrogens (tertiary/aromatic N) is 1. The maximum atomic E-state index is 10.6. The van der Waals surface area contributed by atoms with Crippen molar-refractivity contribution in [2.24, 2.45) is 5.41 Å². The van der Waals surface area contributed by atoms with E-state index in [-0.39, 0.29) is 36.3 Å². The van der Waals surface area contributed by atoms with Crippen molar-refractivity contribution in [1.29, 1.82) is 0 Å². The molecule has 1 aromatic rings. The molecule has 23 heavy (non-hydrogen) atoms. The Balaban J connectivity index is 0.00000242. The standard InChI is InChI=1S/C17H27BrN2O.2ClH/c1-11-10-13(21)14(12(2)15(11)18)16(17(3,4)5)20-8-6-19-7-9-20;;/h10,16,19,21H,6-9H2,1-5H3;2*1H/t16-;;/m1../s1. The molecule has 1 aromatic carbocycles. The number of aromatic hydroxyl groups is 1. The molecule has 2 rings (SSSR count). The predicted octanol–water partition coefficient (Wildman–Crippen LogP) is 4.61. The highest BCUT2D eigenvalue weighted by Crippen LogP contribution is 2.45. The molecule has 1 aliphatic rings. The minimum absolute atomic E-state index is 0. The molecule has 1 fully saturated rings. The average Bonchev–Trinajstić information content (AvgIpc) is 2.40. The Morgan fingerprint density at radius 2 is 1.70 bits per heavy atom. The van der Waals surface area contributed by atoms with Gasteiger partial charge in [-0.05, 0) is 36.5 Å². The monoisotopic (exact) mass is 426 g/mol. The molecule has 0 saturated carbocycles. The van der Waals surface area contributed by atoms with Crippen LogP contribution in [0.3, 0.4) is 0 Å². The quantitative estimate of drug-likeness (QED) is 0.723. The van der Waals surface area contributed by atoms with E-state index in [4.69, 9.17) is 0 Å². The molecule has 1 heterocycles. The van der Waals surface area contributed by atoms with Crippen molar-refractivity contribution in [2.75, 3.05) is 26.2 Å². The number of phenolic OH excluding ortho intramolecular Hbond substituents is 1. The number of piperazine rings is 1. The highest BCUT2D eigenvalue weighted by Gasteiger charge is 2.35. The second kappa shape index (κ2) is 8.91. The summed E-state index contributed by atoms with van der Waals surface area (Å²) >= 11 is 3.68. The molecule has 0 aliphatic carbocycles. The maximum Gasteiger partial charge on any atom is 0.120 e. The molecular weight excluding hydrogens is 399 g/mol. The van der Waals surface area contributed by atoms with Crippen molar-refractivity contribution in [3.8, 4) is 5.75 Å². The number of halogens is 3. The third kappa shape index (κ3) is 4.99. The van der Waals surface area contributed by atoms with Gasteiger partial charge in [-0.15, -0.1) is 24.8 Å². The van der Waals surface area contributed by atoms with Crippen LogP contribution in [0, 0.1) is 19.3 Å². The summed E-state index contributed by atoms with van der Waals surface area (Å²) in [5.41, 5.74) is 3.38. The van der Waals surface area contributed by atoms with Gasteiger partial charge in [-0.2, -0.15) is 0 Å². The fourth-order valence-corrected chi connectivity index (χ4v) is 3.73. The first-order valence-corrected chi connectivity index (χ1v) is 8.46. The summed E-state index contributed by atoms with van der Waals surface area (Å²) in [7, 11) is 0. The van der Waals surface area contributed by atoms with Crippen LogP contribution in [0.15, 0.2) is 10.5 Å². The summed E-state index contributed by atoms with van der Waals surface area (Å²) in [6.45, 7) is 15.0. The van der Waals surface area contributed by atoms with E-state index in [1.165, 1.54) is 0 Å².